The standard InChI is InChI=1S/C15H23N3O5/c1-3-4-7-22-8-9-23-13-6-5-11(21-2)14(18-13)15(20)17-12(19)10-16/h5-6H,3-4,7-10,16H2,1-2H3,(H,17,19,20). The van der Waals surface area contributed by atoms with Gasteiger partial charge in [-0.25, -0.2) is 4.98 Å². The van der Waals surface area contributed by atoms with Crippen LogP contribution in [0.2, 0.25) is 0 Å². The third-order valence-corrected chi connectivity index (χ3v) is 2.83. The first-order valence-corrected chi connectivity index (χ1v) is 7.42. The number of amides is 2. The zero-order valence-electron chi connectivity index (χ0n) is 13.5. The molecule has 0 atom stereocenters. The summed E-state index contributed by atoms with van der Waals surface area (Å²) in [6.45, 7) is 3.22. The molecule has 0 aliphatic carbocycles. The molecule has 0 bridgehead atoms. The molecule has 2 amide bonds. The van der Waals surface area contributed by atoms with Crippen LogP contribution >= 0.6 is 0 Å². The van der Waals surface area contributed by atoms with Crippen LogP contribution in [0.15, 0.2) is 12.1 Å². The number of hydrogen-bond acceptors (Lipinski definition) is 7. The molecule has 0 unspecified atom stereocenters. The van der Waals surface area contributed by atoms with Gasteiger partial charge in [0, 0.05) is 12.7 Å². The van der Waals surface area contributed by atoms with Gasteiger partial charge in [0.05, 0.1) is 20.3 Å². The first-order chi connectivity index (χ1) is 11.1. The van der Waals surface area contributed by atoms with E-state index in [1.807, 2.05) is 0 Å². The smallest absolute Gasteiger partial charge is 0.280 e. The molecule has 0 radical (unpaired) electrons. The molecule has 1 heterocycles. The molecule has 1 aromatic rings. The van der Waals surface area contributed by atoms with Gasteiger partial charge in [0.25, 0.3) is 5.91 Å². The van der Waals surface area contributed by atoms with Crippen molar-refractivity contribution >= 4 is 11.8 Å². The van der Waals surface area contributed by atoms with E-state index in [9.17, 15) is 9.59 Å². The number of carbonyl (C=O) groups excluding carboxylic acids is 2. The highest BCUT2D eigenvalue weighted by atomic mass is 16.5. The van der Waals surface area contributed by atoms with E-state index in [1.165, 1.54) is 7.11 Å². The third-order valence-electron chi connectivity index (χ3n) is 2.83. The Morgan fingerprint density at radius 3 is 2.70 bits per heavy atom. The number of nitrogens with two attached hydrogens (primary N) is 1. The minimum Gasteiger partial charge on any atom is -0.494 e. The second kappa shape index (κ2) is 10.5. The maximum Gasteiger partial charge on any atom is 0.280 e. The lowest BCUT2D eigenvalue weighted by Gasteiger charge is -2.10. The van der Waals surface area contributed by atoms with Crippen LogP contribution in [0.5, 0.6) is 11.6 Å². The number of methoxy groups -OCH3 is 1. The summed E-state index contributed by atoms with van der Waals surface area (Å²) in [5.41, 5.74) is 5.12. The molecule has 0 fully saturated rings. The van der Waals surface area contributed by atoms with E-state index in [-0.39, 0.29) is 23.9 Å². The van der Waals surface area contributed by atoms with E-state index in [4.69, 9.17) is 19.9 Å². The topological polar surface area (TPSA) is 113 Å². The Hall–Kier alpha value is -2.19. The molecule has 128 valence electrons. The quantitative estimate of drug-likeness (QED) is 0.602. The number of ether oxygens (including phenoxy) is 3. The summed E-state index contributed by atoms with van der Waals surface area (Å²) < 4.78 is 15.9. The second-order valence-electron chi connectivity index (χ2n) is 4.60. The van der Waals surface area contributed by atoms with E-state index in [0.29, 0.717) is 19.8 Å². The van der Waals surface area contributed by atoms with Crippen LogP contribution in [-0.2, 0) is 9.53 Å². The number of aromatic nitrogens is 1. The highest BCUT2D eigenvalue weighted by Crippen LogP contribution is 2.20. The predicted octanol–water partition coefficient (Wildman–Crippen LogP) is 0.501. The van der Waals surface area contributed by atoms with E-state index in [0.717, 1.165) is 12.8 Å². The Kier molecular flexibility index (Phi) is 8.63. The summed E-state index contributed by atoms with van der Waals surface area (Å²) in [5.74, 6) is -0.814. The van der Waals surface area contributed by atoms with E-state index in [1.54, 1.807) is 12.1 Å². The van der Waals surface area contributed by atoms with Crippen LogP contribution in [0, 0.1) is 0 Å². The molecular weight excluding hydrogens is 302 g/mol. The van der Waals surface area contributed by atoms with Crippen LogP contribution in [0.3, 0.4) is 0 Å². The zero-order chi connectivity index (χ0) is 17.1. The monoisotopic (exact) mass is 325 g/mol. The van der Waals surface area contributed by atoms with Gasteiger partial charge < -0.3 is 19.9 Å². The normalized spacial score (nSPS) is 10.2. The molecule has 8 nitrogen and oxygen atoms in total. The van der Waals surface area contributed by atoms with Gasteiger partial charge in [-0.1, -0.05) is 13.3 Å². The Morgan fingerprint density at radius 1 is 1.26 bits per heavy atom. The molecule has 0 aliphatic rings. The van der Waals surface area contributed by atoms with Crippen LogP contribution in [-0.4, -0.2) is 50.3 Å². The van der Waals surface area contributed by atoms with Crippen LogP contribution in [0.4, 0.5) is 0 Å². The number of pyridine rings is 1. The third kappa shape index (κ3) is 6.62. The second-order valence-corrected chi connectivity index (χ2v) is 4.60. The molecule has 1 rings (SSSR count). The zero-order valence-corrected chi connectivity index (χ0v) is 13.5. The Labute approximate surface area is 135 Å². The van der Waals surface area contributed by atoms with Gasteiger partial charge >= 0.3 is 0 Å². The average Bonchev–Trinajstić information content (AvgIpc) is 2.57. The number of imide groups is 1. The van der Waals surface area contributed by atoms with Crippen LogP contribution in [0.1, 0.15) is 30.3 Å². The molecular formula is C15H23N3O5. The van der Waals surface area contributed by atoms with Gasteiger partial charge in [0.1, 0.15) is 6.61 Å². The predicted molar refractivity (Wildman–Crippen MR) is 83.5 cm³/mol. The number of rotatable bonds is 10. The number of unbranched alkanes of at least 4 members (excludes halogenated alkanes) is 1. The van der Waals surface area contributed by atoms with Crippen molar-refractivity contribution in [2.75, 3.05) is 33.5 Å². The number of hydrogen-bond donors (Lipinski definition) is 2. The van der Waals surface area contributed by atoms with Gasteiger partial charge in [-0.05, 0) is 12.5 Å². The van der Waals surface area contributed by atoms with Gasteiger partial charge in [0.15, 0.2) is 11.4 Å². The SMILES string of the molecule is CCCCOCCOc1ccc(OC)c(C(=O)NC(=O)CN)n1. The van der Waals surface area contributed by atoms with Crippen molar-refractivity contribution in [3.05, 3.63) is 17.8 Å². The summed E-state index contributed by atoms with van der Waals surface area (Å²) in [6, 6.07) is 3.12. The molecule has 0 spiro atoms. The summed E-state index contributed by atoms with van der Waals surface area (Å²) in [5, 5.41) is 2.11. The maximum atomic E-state index is 12.0. The van der Waals surface area contributed by atoms with Gasteiger partial charge in [-0.2, -0.15) is 0 Å². The van der Waals surface area contributed by atoms with Gasteiger partial charge in [-0.15, -0.1) is 0 Å². The molecule has 1 aromatic heterocycles. The summed E-state index contributed by atoms with van der Waals surface area (Å²) in [6.07, 6.45) is 2.07. The van der Waals surface area contributed by atoms with Crippen LogP contribution < -0.4 is 20.5 Å². The number of carbonyl (C=O) groups is 2. The molecule has 23 heavy (non-hydrogen) atoms. The summed E-state index contributed by atoms with van der Waals surface area (Å²) in [7, 11) is 1.40. The van der Waals surface area contributed by atoms with Crippen molar-refractivity contribution in [3.8, 4) is 11.6 Å². The highest BCUT2D eigenvalue weighted by molar-refractivity contribution is 6.05. The lowest BCUT2D eigenvalue weighted by molar-refractivity contribution is -0.118. The summed E-state index contributed by atoms with van der Waals surface area (Å²) >= 11 is 0. The Morgan fingerprint density at radius 2 is 2.04 bits per heavy atom. The minimum absolute atomic E-state index is 0.0429. The Balaban J connectivity index is 2.63. The molecule has 0 saturated heterocycles. The lowest BCUT2D eigenvalue weighted by Crippen LogP contribution is -2.36. The molecule has 3 N–H and O–H groups in total. The van der Waals surface area contributed by atoms with Gasteiger partial charge in [0.2, 0.25) is 11.8 Å². The lowest BCUT2D eigenvalue weighted by atomic mass is 10.3. The van der Waals surface area contributed by atoms with E-state index in [2.05, 4.69) is 17.2 Å². The van der Waals surface area contributed by atoms with Crippen molar-refractivity contribution in [1.82, 2.24) is 10.3 Å². The molecule has 0 saturated carbocycles. The van der Waals surface area contributed by atoms with Crippen molar-refractivity contribution in [2.24, 2.45) is 5.73 Å². The average molecular weight is 325 g/mol. The largest absolute Gasteiger partial charge is 0.494 e. The van der Waals surface area contributed by atoms with Crippen molar-refractivity contribution in [3.63, 3.8) is 0 Å². The fourth-order valence-electron chi connectivity index (χ4n) is 1.63. The van der Waals surface area contributed by atoms with Crippen LogP contribution in [0.25, 0.3) is 0 Å². The first-order valence-electron chi connectivity index (χ1n) is 7.42. The van der Waals surface area contributed by atoms with E-state index >= 15 is 0 Å². The Bertz CT molecular complexity index is 522. The molecule has 8 heteroatoms. The molecule has 0 aliphatic heterocycles. The number of nitrogens with one attached hydrogen (secondary N) is 1. The first kappa shape index (κ1) is 18.9. The maximum absolute atomic E-state index is 12.0. The summed E-state index contributed by atoms with van der Waals surface area (Å²) in [4.78, 5) is 27.2. The fourth-order valence-corrected chi connectivity index (χ4v) is 1.63. The molecule has 0 aromatic carbocycles. The minimum atomic E-state index is -0.693. The number of nitrogens with zero attached hydrogens (tertiary/aromatic N) is 1. The van der Waals surface area contributed by atoms with Gasteiger partial charge in [-0.3, -0.25) is 14.9 Å². The van der Waals surface area contributed by atoms with Crippen molar-refractivity contribution < 1.29 is 23.8 Å². The van der Waals surface area contributed by atoms with Crippen molar-refractivity contribution in [1.29, 1.82) is 0 Å². The van der Waals surface area contributed by atoms with E-state index < -0.39 is 11.8 Å². The fraction of sp³-hybridized carbons (Fsp3) is 0.533. The highest BCUT2D eigenvalue weighted by Gasteiger charge is 2.17. The van der Waals surface area contributed by atoms with Crippen molar-refractivity contribution in [2.45, 2.75) is 19.8 Å².